The van der Waals surface area contributed by atoms with Crippen LogP contribution in [0.5, 0.6) is 0 Å². The summed E-state index contributed by atoms with van der Waals surface area (Å²) in [6, 6.07) is 13.8. The van der Waals surface area contributed by atoms with Crippen LogP contribution in [0, 0.1) is 0 Å². The Hall–Kier alpha value is -3.87. The van der Waals surface area contributed by atoms with Crippen molar-refractivity contribution in [3.05, 3.63) is 70.9 Å². The number of aliphatic hydroxyl groups excluding tert-OH is 1. The van der Waals surface area contributed by atoms with Gasteiger partial charge in [0.25, 0.3) is 5.91 Å². The summed E-state index contributed by atoms with van der Waals surface area (Å²) in [4.78, 5) is 23.8. The van der Waals surface area contributed by atoms with Crippen LogP contribution in [0.25, 0.3) is 22.6 Å². The molecular formula is C27H33N3O4. The van der Waals surface area contributed by atoms with Gasteiger partial charge in [-0.3, -0.25) is 9.59 Å². The van der Waals surface area contributed by atoms with Gasteiger partial charge in [-0.25, -0.2) is 5.01 Å². The average Bonchev–Trinajstić information content (AvgIpc) is 2.85. The van der Waals surface area contributed by atoms with E-state index in [1.807, 2.05) is 63.2 Å². The Morgan fingerprint density at radius 1 is 1.06 bits per heavy atom. The van der Waals surface area contributed by atoms with Gasteiger partial charge in [0.05, 0.1) is 5.70 Å². The zero-order valence-electron chi connectivity index (χ0n) is 20.4. The van der Waals surface area contributed by atoms with Crippen LogP contribution in [-0.2, 0) is 16.0 Å². The number of hydrazone groups is 1. The second-order valence-electron chi connectivity index (χ2n) is 7.26. The van der Waals surface area contributed by atoms with E-state index in [4.69, 9.17) is 5.11 Å². The number of aliphatic hydroxyl groups is 1. The summed E-state index contributed by atoms with van der Waals surface area (Å²) in [7, 11) is 0. The molecule has 0 saturated carbocycles. The van der Waals surface area contributed by atoms with E-state index in [0.717, 1.165) is 35.1 Å². The van der Waals surface area contributed by atoms with Crippen molar-refractivity contribution < 1.29 is 19.8 Å². The van der Waals surface area contributed by atoms with Gasteiger partial charge in [-0.05, 0) is 43.0 Å². The van der Waals surface area contributed by atoms with Gasteiger partial charge in [-0.15, -0.1) is 0 Å². The van der Waals surface area contributed by atoms with Crippen LogP contribution in [0.2, 0.25) is 0 Å². The molecule has 1 amide bonds. The van der Waals surface area contributed by atoms with Crippen molar-refractivity contribution in [2.24, 2.45) is 5.10 Å². The zero-order valence-corrected chi connectivity index (χ0v) is 20.4. The molecule has 0 atom stereocenters. The van der Waals surface area contributed by atoms with E-state index in [1.165, 1.54) is 11.2 Å². The molecule has 2 aromatic carbocycles. The van der Waals surface area contributed by atoms with Gasteiger partial charge in [-0.1, -0.05) is 69.7 Å². The predicted octanol–water partition coefficient (Wildman–Crippen LogP) is 5.44. The predicted molar refractivity (Wildman–Crippen MR) is 137 cm³/mol. The summed E-state index contributed by atoms with van der Waals surface area (Å²) >= 11 is 0. The van der Waals surface area contributed by atoms with E-state index in [0.29, 0.717) is 11.3 Å². The molecule has 1 aliphatic rings. The first-order chi connectivity index (χ1) is 16.4. The third-order valence-corrected chi connectivity index (χ3v) is 5.19. The molecular weight excluding hydrogens is 430 g/mol. The van der Waals surface area contributed by atoms with E-state index in [1.54, 1.807) is 13.0 Å². The van der Waals surface area contributed by atoms with Gasteiger partial charge >= 0.3 is 5.97 Å². The largest absolute Gasteiger partial charge is 0.505 e. The van der Waals surface area contributed by atoms with E-state index >= 15 is 0 Å². The fraction of sp³-hybridized carbons (Fsp3) is 0.296. The number of nitrogens with one attached hydrogen (secondary N) is 1. The highest BCUT2D eigenvalue weighted by Crippen LogP contribution is 2.43. The standard InChI is InChI=1S/C25H27N3O4.C2H6/c1-4-10-18-17(16-11-8-7-9-12-16)13-14-19-22(18)20(5-2)28(27-6-3)23(24(19)31)25(32)26-15-21(29)30;1-2/h5-9,11-14,31H,4,10,15H2,1-3H3,(H,26,32)(H,29,30);1-2H3/b20-5+,27-6-;. The summed E-state index contributed by atoms with van der Waals surface area (Å²) in [5, 5.41) is 28.1. The first-order valence-corrected chi connectivity index (χ1v) is 11.5. The molecule has 0 aromatic heterocycles. The Morgan fingerprint density at radius 2 is 1.71 bits per heavy atom. The Morgan fingerprint density at radius 3 is 2.26 bits per heavy atom. The monoisotopic (exact) mass is 463 g/mol. The van der Waals surface area contributed by atoms with Crippen LogP contribution in [0.3, 0.4) is 0 Å². The molecule has 3 rings (SSSR count). The number of carboxylic acids is 1. The van der Waals surface area contributed by atoms with Gasteiger partial charge in [0.15, 0.2) is 11.5 Å². The van der Waals surface area contributed by atoms with Gasteiger partial charge in [0.2, 0.25) is 0 Å². The molecule has 0 spiro atoms. The number of carbonyl (C=O) groups excluding carboxylic acids is 1. The lowest BCUT2D eigenvalue weighted by molar-refractivity contribution is -0.137. The number of carboxylic acid groups (broad SMARTS) is 1. The molecule has 0 radical (unpaired) electrons. The first-order valence-electron chi connectivity index (χ1n) is 11.5. The van der Waals surface area contributed by atoms with E-state index < -0.39 is 18.4 Å². The van der Waals surface area contributed by atoms with Gasteiger partial charge in [0.1, 0.15) is 6.54 Å². The Balaban J connectivity index is 0.00000199. The number of allylic oxidation sites excluding steroid dienone is 1. The number of rotatable bonds is 7. The highest BCUT2D eigenvalue weighted by molar-refractivity contribution is 6.05. The highest BCUT2D eigenvalue weighted by atomic mass is 16.4. The maximum Gasteiger partial charge on any atom is 0.322 e. The topological polar surface area (TPSA) is 102 Å². The number of hydrogen-bond donors (Lipinski definition) is 3. The molecule has 7 heteroatoms. The lowest BCUT2D eigenvalue weighted by atomic mass is 9.85. The van der Waals surface area contributed by atoms with Crippen molar-refractivity contribution in [1.82, 2.24) is 10.3 Å². The van der Waals surface area contributed by atoms with Gasteiger partial charge in [0, 0.05) is 17.3 Å². The minimum atomic E-state index is -1.18. The molecule has 3 N–H and O–H groups in total. The molecule has 0 fully saturated rings. The van der Waals surface area contributed by atoms with Crippen LogP contribution >= 0.6 is 0 Å². The summed E-state index contributed by atoms with van der Waals surface area (Å²) in [6.07, 6.45) is 5.02. The number of hydrogen-bond acceptors (Lipinski definition) is 5. The summed E-state index contributed by atoms with van der Waals surface area (Å²) in [5.41, 5.74) is 5.04. The lowest BCUT2D eigenvalue weighted by Crippen LogP contribution is -2.37. The van der Waals surface area contributed by atoms with Crippen molar-refractivity contribution >= 4 is 29.5 Å². The van der Waals surface area contributed by atoms with Crippen molar-refractivity contribution in [1.29, 1.82) is 0 Å². The minimum Gasteiger partial charge on any atom is -0.505 e. The van der Waals surface area contributed by atoms with Crippen molar-refractivity contribution in [3.8, 4) is 11.1 Å². The molecule has 0 saturated heterocycles. The van der Waals surface area contributed by atoms with Crippen molar-refractivity contribution in [3.63, 3.8) is 0 Å². The van der Waals surface area contributed by atoms with Crippen molar-refractivity contribution in [2.75, 3.05) is 6.54 Å². The molecule has 2 aromatic rings. The van der Waals surface area contributed by atoms with Crippen LogP contribution in [0.15, 0.2) is 59.3 Å². The first kappa shape index (κ1) is 26.4. The average molecular weight is 464 g/mol. The molecule has 1 aliphatic heterocycles. The van der Waals surface area contributed by atoms with Crippen LogP contribution < -0.4 is 5.32 Å². The molecule has 1 heterocycles. The molecule has 7 nitrogen and oxygen atoms in total. The maximum absolute atomic E-state index is 12.8. The molecule has 0 bridgehead atoms. The number of amides is 1. The van der Waals surface area contributed by atoms with Crippen molar-refractivity contribution in [2.45, 2.75) is 47.5 Å². The fourth-order valence-electron chi connectivity index (χ4n) is 3.94. The van der Waals surface area contributed by atoms with Crippen LogP contribution in [0.1, 0.15) is 57.7 Å². The normalized spacial score (nSPS) is 14.0. The molecule has 0 unspecified atom stereocenters. The summed E-state index contributed by atoms with van der Waals surface area (Å²) in [6.45, 7) is 9.08. The number of fused-ring (bicyclic) bond motifs is 1. The number of aliphatic carboxylic acids is 1. The fourth-order valence-corrected chi connectivity index (χ4v) is 3.94. The highest BCUT2D eigenvalue weighted by Gasteiger charge is 2.35. The third-order valence-electron chi connectivity index (χ3n) is 5.19. The smallest absolute Gasteiger partial charge is 0.322 e. The number of benzene rings is 2. The second-order valence-corrected chi connectivity index (χ2v) is 7.26. The lowest BCUT2D eigenvalue weighted by Gasteiger charge is -2.33. The third kappa shape index (κ3) is 5.36. The van der Waals surface area contributed by atoms with E-state index in [9.17, 15) is 14.7 Å². The quantitative estimate of drug-likeness (QED) is 0.475. The minimum absolute atomic E-state index is 0.111. The zero-order chi connectivity index (χ0) is 25.3. The molecule has 180 valence electrons. The van der Waals surface area contributed by atoms with Crippen LogP contribution in [-0.4, -0.2) is 39.9 Å². The number of nitrogens with zero attached hydrogens (tertiary/aromatic N) is 2. The second kappa shape index (κ2) is 12.4. The Kier molecular flexibility index (Phi) is 9.62. The number of carbonyl (C=O) groups is 2. The molecule has 34 heavy (non-hydrogen) atoms. The van der Waals surface area contributed by atoms with Gasteiger partial charge < -0.3 is 15.5 Å². The Labute approximate surface area is 201 Å². The van der Waals surface area contributed by atoms with E-state index in [-0.39, 0.29) is 11.5 Å². The summed E-state index contributed by atoms with van der Waals surface area (Å²) in [5.74, 6) is -2.13. The maximum atomic E-state index is 12.8. The van der Waals surface area contributed by atoms with Crippen LogP contribution in [0.4, 0.5) is 0 Å². The molecule has 0 aliphatic carbocycles. The van der Waals surface area contributed by atoms with E-state index in [2.05, 4.69) is 17.3 Å². The summed E-state index contributed by atoms with van der Waals surface area (Å²) < 4.78 is 0. The van der Waals surface area contributed by atoms with Gasteiger partial charge in [-0.2, -0.15) is 5.10 Å². The SMILES string of the molecule is C/C=N\N1C(C(=O)NCC(=O)O)=C(O)c2ccc(-c3ccccc3)c(CCC)c2/C1=C\C.CC. The Bertz CT molecular complexity index is 1120.